The summed E-state index contributed by atoms with van der Waals surface area (Å²) in [6, 6.07) is 24.3. The topological polar surface area (TPSA) is 74.6 Å². The second-order valence-corrected chi connectivity index (χ2v) is 7.70. The zero-order valence-electron chi connectivity index (χ0n) is 19.6. The predicted octanol–water partition coefficient (Wildman–Crippen LogP) is 5.06. The molecule has 0 radical (unpaired) electrons. The van der Waals surface area contributed by atoms with Gasteiger partial charge in [-0.3, -0.25) is 4.79 Å². The van der Waals surface area contributed by atoms with Gasteiger partial charge in [0.25, 0.3) is 5.91 Å². The Morgan fingerprint density at radius 3 is 2.18 bits per heavy atom. The van der Waals surface area contributed by atoms with Gasteiger partial charge in [0.1, 0.15) is 22.9 Å². The molecule has 0 aliphatic rings. The van der Waals surface area contributed by atoms with Crippen molar-refractivity contribution in [1.29, 1.82) is 0 Å². The van der Waals surface area contributed by atoms with Crippen LogP contribution in [0, 0.1) is 0 Å². The summed E-state index contributed by atoms with van der Waals surface area (Å²) in [7, 11) is 4.80. The molecule has 1 N–H and O–H groups in total. The molecule has 1 heterocycles. The van der Waals surface area contributed by atoms with Crippen molar-refractivity contribution < 1.29 is 19.0 Å². The van der Waals surface area contributed by atoms with Gasteiger partial charge in [0.2, 0.25) is 0 Å². The van der Waals surface area contributed by atoms with Gasteiger partial charge in [-0.2, -0.15) is 5.10 Å². The van der Waals surface area contributed by atoms with E-state index < -0.39 is 0 Å². The number of ether oxygens (including phenoxy) is 3. The summed E-state index contributed by atoms with van der Waals surface area (Å²) in [6.07, 6.45) is 0. The Bertz CT molecular complexity index is 1270. The number of carbonyl (C=O) groups excluding carboxylic acids is 1. The largest absolute Gasteiger partial charge is 0.497 e. The van der Waals surface area contributed by atoms with Gasteiger partial charge in [0.05, 0.1) is 38.8 Å². The molecule has 1 unspecified atom stereocenters. The zero-order valence-corrected chi connectivity index (χ0v) is 19.6. The molecule has 0 bridgehead atoms. The first-order valence-corrected chi connectivity index (χ1v) is 10.9. The number of hydrogen-bond donors (Lipinski definition) is 1. The molecule has 4 aromatic rings. The SMILES string of the molecule is COc1ccc(-n2nc(-c3ccc(OC)cc3OC)cc2C(=O)NC(C)c2ccccc2)cc1. The van der Waals surface area contributed by atoms with E-state index in [2.05, 4.69) is 5.32 Å². The fourth-order valence-electron chi connectivity index (χ4n) is 3.70. The van der Waals surface area contributed by atoms with Crippen molar-refractivity contribution in [3.05, 3.63) is 90.1 Å². The molecule has 174 valence electrons. The van der Waals surface area contributed by atoms with Crippen molar-refractivity contribution in [1.82, 2.24) is 15.1 Å². The van der Waals surface area contributed by atoms with Gasteiger partial charge in [-0.05, 0) is 55.0 Å². The minimum Gasteiger partial charge on any atom is -0.497 e. The van der Waals surface area contributed by atoms with E-state index in [0.717, 1.165) is 22.6 Å². The smallest absolute Gasteiger partial charge is 0.270 e. The van der Waals surface area contributed by atoms with Crippen LogP contribution in [0.4, 0.5) is 0 Å². The number of hydrogen-bond acceptors (Lipinski definition) is 5. The molecular formula is C27H27N3O4. The number of nitrogens with one attached hydrogen (secondary N) is 1. The second-order valence-electron chi connectivity index (χ2n) is 7.70. The van der Waals surface area contributed by atoms with Crippen molar-refractivity contribution in [2.45, 2.75) is 13.0 Å². The molecule has 4 rings (SSSR count). The molecule has 0 saturated carbocycles. The Hall–Kier alpha value is -4.26. The molecule has 1 atom stereocenters. The number of nitrogens with zero attached hydrogens (tertiary/aromatic N) is 2. The molecular weight excluding hydrogens is 430 g/mol. The van der Waals surface area contributed by atoms with E-state index in [4.69, 9.17) is 19.3 Å². The van der Waals surface area contributed by atoms with E-state index in [9.17, 15) is 4.79 Å². The first kappa shape index (κ1) is 22.9. The molecule has 0 saturated heterocycles. The summed E-state index contributed by atoms with van der Waals surface area (Å²) in [5.74, 6) is 1.75. The molecule has 1 aromatic heterocycles. The van der Waals surface area contributed by atoms with Crippen molar-refractivity contribution in [2.24, 2.45) is 0 Å². The molecule has 3 aromatic carbocycles. The van der Waals surface area contributed by atoms with E-state index >= 15 is 0 Å². The molecule has 0 aliphatic heterocycles. The zero-order chi connectivity index (χ0) is 24.1. The third kappa shape index (κ3) is 4.73. The average molecular weight is 458 g/mol. The molecule has 7 heteroatoms. The van der Waals surface area contributed by atoms with E-state index in [1.54, 1.807) is 38.1 Å². The molecule has 0 aliphatic carbocycles. The van der Waals surface area contributed by atoms with Gasteiger partial charge in [-0.25, -0.2) is 4.68 Å². The van der Waals surface area contributed by atoms with Gasteiger partial charge in [0, 0.05) is 11.6 Å². The van der Waals surface area contributed by atoms with Crippen molar-refractivity contribution in [3.8, 4) is 34.2 Å². The Labute approximate surface area is 198 Å². The highest BCUT2D eigenvalue weighted by Crippen LogP contribution is 2.33. The number of carbonyl (C=O) groups is 1. The van der Waals surface area contributed by atoms with Crippen LogP contribution < -0.4 is 19.5 Å². The lowest BCUT2D eigenvalue weighted by Gasteiger charge is -2.15. The fraction of sp³-hybridized carbons (Fsp3) is 0.185. The van der Waals surface area contributed by atoms with Gasteiger partial charge in [-0.15, -0.1) is 0 Å². The monoisotopic (exact) mass is 457 g/mol. The normalized spacial score (nSPS) is 11.5. The van der Waals surface area contributed by atoms with Crippen molar-refractivity contribution in [3.63, 3.8) is 0 Å². The highest BCUT2D eigenvalue weighted by atomic mass is 16.5. The molecule has 1 amide bonds. The van der Waals surface area contributed by atoms with Crippen LogP contribution in [0.3, 0.4) is 0 Å². The summed E-state index contributed by atoms with van der Waals surface area (Å²) in [5.41, 5.74) is 3.51. The van der Waals surface area contributed by atoms with Gasteiger partial charge in [-0.1, -0.05) is 30.3 Å². The molecule has 0 fully saturated rings. The minimum atomic E-state index is -0.238. The van der Waals surface area contributed by atoms with Crippen LogP contribution in [-0.4, -0.2) is 37.0 Å². The Balaban J connectivity index is 1.76. The van der Waals surface area contributed by atoms with Crippen LogP contribution in [0.15, 0.2) is 78.9 Å². The van der Waals surface area contributed by atoms with Crippen LogP contribution in [0.25, 0.3) is 16.9 Å². The van der Waals surface area contributed by atoms with Crippen LogP contribution >= 0.6 is 0 Å². The number of amides is 1. The molecule has 34 heavy (non-hydrogen) atoms. The average Bonchev–Trinajstić information content (AvgIpc) is 3.34. The van der Waals surface area contributed by atoms with E-state index in [0.29, 0.717) is 22.9 Å². The lowest BCUT2D eigenvalue weighted by atomic mass is 10.1. The van der Waals surface area contributed by atoms with Crippen molar-refractivity contribution >= 4 is 5.91 Å². The van der Waals surface area contributed by atoms with Gasteiger partial charge in [0.15, 0.2) is 0 Å². The fourth-order valence-corrected chi connectivity index (χ4v) is 3.70. The van der Waals surface area contributed by atoms with E-state index in [1.165, 1.54) is 0 Å². The highest BCUT2D eigenvalue weighted by Gasteiger charge is 2.21. The third-order valence-electron chi connectivity index (χ3n) is 5.59. The van der Waals surface area contributed by atoms with Crippen molar-refractivity contribution in [2.75, 3.05) is 21.3 Å². The van der Waals surface area contributed by atoms with Crippen LogP contribution in [0.1, 0.15) is 29.0 Å². The molecule has 7 nitrogen and oxygen atoms in total. The summed E-state index contributed by atoms with van der Waals surface area (Å²) < 4.78 is 17.8. The Kier molecular flexibility index (Phi) is 6.82. The maximum absolute atomic E-state index is 13.4. The summed E-state index contributed by atoms with van der Waals surface area (Å²) in [6.45, 7) is 1.95. The van der Waals surface area contributed by atoms with E-state index in [1.807, 2.05) is 73.7 Å². The number of rotatable bonds is 8. The highest BCUT2D eigenvalue weighted by molar-refractivity contribution is 5.95. The lowest BCUT2D eigenvalue weighted by molar-refractivity contribution is 0.0932. The Morgan fingerprint density at radius 2 is 1.53 bits per heavy atom. The number of aromatic nitrogens is 2. The minimum absolute atomic E-state index is 0.174. The second kappa shape index (κ2) is 10.1. The summed E-state index contributed by atoms with van der Waals surface area (Å²) in [4.78, 5) is 13.4. The number of methoxy groups -OCH3 is 3. The first-order chi connectivity index (χ1) is 16.5. The maximum atomic E-state index is 13.4. The standard InChI is InChI=1S/C27H27N3O4/c1-18(19-8-6-5-7-9-19)28-27(31)25-17-24(23-15-14-22(33-3)16-26(23)34-4)29-30(25)20-10-12-21(32-2)13-11-20/h5-18H,1-4H3,(H,28,31). The predicted molar refractivity (Wildman–Crippen MR) is 131 cm³/mol. The van der Waals surface area contributed by atoms with Crippen LogP contribution in [-0.2, 0) is 0 Å². The van der Waals surface area contributed by atoms with Gasteiger partial charge >= 0.3 is 0 Å². The maximum Gasteiger partial charge on any atom is 0.270 e. The van der Waals surface area contributed by atoms with Crippen LogP contribution in [0.5, 0.6) is 17.2 Å². The van der Waals surface area contributed by atoms with Gasteiger partial charge < -0.3 is 19.5 Å². The Morgan fingerprint density at radius 1 is 0.853 bits per heavy atom. The lowest BCUT2D eigenvalue weighted by Crippen LogP contribution is -2.28. The first-order valence-electron chi connectivity index (χ1n) is 10.9. The summed E-state index contributed by atoms with van der Waals surface area (Å²) in [5, 5.41) is 7.85. The number of benzene rings is 3. The summed E-state index contributed by atoms with van der Waals surface area (Å²) >= 11 is 0. The molecule has 0 spiro atoms. The quantitative estimate of drug-likeness (QED) is 0.401. The van der Waals surface area contributed by atoms with Crippen LogP contribution in [0.2, 0.25) is 0 Å². The van der Waals surface area contributed by atoms with E-state index in [-0.39, 0.29) is 11.9 Å². The third-order valence-corrected chi connectivity index (χ3v) is 5.59.